The van der Waals surface area contributed by atoms with Crippen molar-refractivity contribution >= 4 is 11.6 Å². The lowest BCUT2D eigenvalue weighted by Gasteiger charge is -2.12. The van der Waals surface area contributed by atoms with Crippen molar-refractivity contribution in [3.8, 4) is 22.9 Å². The number of amides is 1. The fourth-order valence-corrected chi connectivity index (χ4v) is 2.72. The lowest BCUT2D eigenvalue weighted by molar-refractivity contribution is 0.102. The van der Waals surface area contributed by atoms with Crippen molar-refractivity contribution in [2.45, 2.75) is 6.92 Å². The van der Waals surface area contributed by atoms with Crippen molar-refractivity contribution < 1.29 is 18.3 Å². The van der Waals surface area contributed by atoms with Crippen molar-refractivity contribution in [1.82, 2.24) is 0 Å². The quantitative estimate of drug-likeness (QED) is 0.667. The number of ether oxygens (including phenoxy) is 1. The Morgan fingerprint density at radius 3 is 2.54 bits per heavy atom. The highest BCUT2D eigenvalue weighted by Crippen LogP contribution is 2.32. The van der Waals surface area contributed by atoms with Crippen LogP contribution in [0.2, 0.25) is 0 Å². The van der Waals surface area contributed by atoms with Gasteiger partial charge in [-0.25, -0.2) is 8.78 Å². The lowest BCUT2D eigenvalue weighted by atomic mass is 10.0. The zero-order chi connectivity index (χ0) is 20.1. The average molecular weight is 378 g/mol. The van der Waals surface area contributed by atoms with Gasteiger partial charge in [0.15, 0.2) is 11.6 Å². The first-order chi connectivity index (χ1) is 13.5. The molecule has 3 aromatic rings. The Hall–Kier alpha value is -3.72. The van der Waals surface area contributed by atoms with Crippen LogP contribution in [0.4, 0.5) is 14.5 Å². The van der Waals surface area contributed by atoms with Crippen LogP contribution in [0.5, 0.6) is 5.75 Å². The summed E-state index contributed by atoms with van der Waals surface area (Å²) in [5.41, 5.74) is 2.08. The molecule has 0 aliphatic rings. The predicted octanol–water partition coefficient (Wildman–Crippen LogP) is 5.15. The molecular weight excluding hydrogens is 362 g/mol. The molecule has 4 nitrogen and oxygen atoms in total. The second kappa shape index (κ2) is 8.31. The maximum absolute atomic E-state index is 13.8. The Morgan fingerprint density at radius 2 is 1.86 bits per heavy atom. The van der Waals surface area contributed by atoms with Crippen LogP contribution < -0.4 is 10.1 Å². The molecule has 0 unspecified atom stereocenters. The number of rotatable bonds is 5. The van der Waals surface area contributed by atoms with Gasteiger partial charge in [0.1, 0.15) is 5.75 Å². The van der Waals surface area contributed by atoms with Crippen LogP contribution in [0.15, 0.2) is 60.7 Å². The van der Waals surface area contributed by atoms with Gasteiger partial charge in [-0.3, -0.25) is 4.79 Å². The average Bonchev–Trinajstić information content (AvgIpc) is 2.71. The van der Waals surface area contributed by atoms with Gasteiger partial charge in [-0.15, -0.1) is 0 Å². The van der Waals surface area contributed by atoms with E-state index in [9.17, 15) is 13.6 Å². The van der Waals surface area contributed by atoms with E-state index in [0.29, 0.717) is 23.6 Å². The Balaban J connectivity index is 1.85. The van der Waals surface area contributed by atoms with E-state index in [1.165, 1.54) is 12.1 Å². The lowest BCUT2D eigenvalue weighted by Crippen LogP contribution is -2.14. The zero-order valence-corrected chi connectivity index (χ0v) is 15.0. The molecule has 1 amide bonds. The molecule has 3 aromatic carbocycles. The van der Waals surface area contributed by atoms with E-state index in [-0.39, 0.29) is 5.56 Å². The standard InChI is InChI=1S/C22H16F2N2O2/c1-2-28-20-11-6-14(13-25)12-18(20)15-7-9-16(10-8-15)26-22(27)17-4-3-5-19(23)21(17)24/h3-12H,2H2,1H3,(H,26,27). The Labute approximate surface area is 161 Å². The molecule has 28 heavy (non-hydrogen) atoms. The minimum atomic E-state index is -1.19. The Bertz CT molecular complexity index is 1060. The molecule has 0 radical (unpaired) electrons. The summed E-state index contributed by atoms with van der Waals surface area (Å²) in [7, 11) is 0. The maximum Gasteiger partial charge on any atom is 0.258 e. The molecule has 0 aliphatic heterocycles. The number of carbonyl (C=O) groups excluding carboxylic acids is 1. The monoisotopic (exact) mass is 378 g/mol. The molecule has 3 rings (SSSR count). The number of nitrogens with zero attached hydrogens (tertiary/aromatic N) is 1. The molecule has 0 saturated carbocycles. The van der Waals surface area contributed by atoms with Gasteiger partial charge in [0.2, 0.25) is 0 Å². The summed E-state index contributed by atoms with van der Waals surface area (Å²) in [5.74, 6) is -2.37. The highest BCUT2D eigenvalue weighted by Gasteiger charge is 2.15. The van der Waals surface area contributed by atoms with E-state index >= 15 is 0 Å². The number of nitrogens with one attached hydrogen (secondary N) is 1. The molecule has 0 saturated heterocycles. The molecular formula is C22H16F2N2O2. The molecule has 6 heteroatoms. The molecule has 0 aliphatic carbocycles. The van der Waals surface area contributed by atoms with E-state index in [1.54, 1.807) is 42.5 Å². The van der Waals surface area contributed by atoms with E-state index < -0.39 is 17.5 Å². The first kappa shape index (κ1) is 19.1. The number of halogens is 2. The molecule has 140 valence electrons. The van der Waals surface area contributed by atoms with Gasteiger partial charge in [0, 0.05) is 11.3 Å². The van der Waals surface area contributed by atoms with Crippen LogP contribution in [0.1, 0.15) is 22.8 Å². The van der Waals surface area contributed by atoms with Crippen molar-refractivity contribution in [1.29, 1.82) is 5.26 Å². The third-order valence-corrected chi connectivity index (χ3v) is 4.06. The number of benzene rings is 3. The largest absolute Gasteiger partial charge is 0.493 e. The summed E-state index contributed by atoms with van der Waals surface area (Å²) in [6.07, 6.45) is 0. The zero-order valence-electron chi connectivity index (χ0n) is 15.0. The fraction of sp³-hybridized carbons (Fsp3) is 0.0909. The number of hydrogen-bond donors (Lipinski definition) is 1. The second-order valence-electron chi connectivity index (χ2n) is 5.89. The highest BCUT2D eigenvalue weighted by molar-refractivity contribution is 6.04. The maximum atomic E-state index is 13.8. The molecule has 0 atom stereocenters. The summed E-state index contributed by atoms with van der Waals surface area (Å²) < 4.78 is 32.7. The van der Waals surface area contributed by atoms with Gasteiger partial charge in [-0.2, -0.15) is 5.26 Å². The molecule has 0 bridgehead atoms. The van der Waals surface area contributed by atoms with Gasteiger partial charge in [0.25, 0.3) is 5.91 Å². The fourth-order valence-electron chi connectivity index (χ4n) is 2.72. The molecule has 0 heterocycles. The molecule has 0 aromatic heterocycles. The molecule has 0 fully saturated rings. The smallest absolute Gasteiger partial charge is 0.258 e. The summed E-state index contributed by atoms with van der Waals surface area (Å²) in [5, 5.41) is 11.7. The summed E-state index contributed by atoms with van der Waals surface area (Å²) in [6.45, 7) is 2.35. The molecule has 0 spiro atoms. The van der Waals surface area contributed by atoms with E-state index in [4.69, 9.17) is 10.00 Å². The van der Waals surface area contributed by atoms with E-state index in [0.717, 1.165) is 17.2 Å². The van der Waals surface area contributed by atoms with Crippen LogP contribution in [-0.4, -0.2) is 12.5 Å². The number of hydrogen-bond acceptors (Lipinski definition) is 3. The number of nitriles is 1. The van der Waals surface area contributed by atoms with Crippen molar-refractivity contribution in [2.24, 2.45) is 0 Å². The highest BCUT2D eigenvalue weighted by atomic mass is 19.2. The van der Waals surface area contributed by atoms with Crippen LogP contribution in [0.25, 0.3) is 11.1 Å². The van der Waals surface area contributed by atoms with Gasteiger partial charge in [-0.1, -0.05) is 18.2 Å². The van der Waals surface area contributed by atoms with Crippen molar-refractivity contribution in [3.05, 3.63) is 83.4 Å². The summed E-state index contributed by atoms with van der Waals surface area (Å²) in [6, 6.07) is 17.4. The SMILES string of the molecule is CCOc1ccc(C#N)cc1-c1ccc(NC(=O)c2cccc(F)c2F)cc1. The second-order valence-corrected chi connectivity index (χ2v) is 5.89. The third-order valence-electron chi connectivity index (χ3n) is 4.06. The first-order valence-electron chi connectivity index (χ1n) is 8.56. The van der Waals surface area contributed by atoms with Crippen LogP contribution >= 0.6 is 0 Å². The summed E-state index contributed by atoms with van der Waals surface area (Å²) >= 11 is 0. The third kappa shape index (κ3) is 3.99. The van der Waals surface area contributed by atoms with Gasteiger partial charge in [0.05, 0.1) is 23.8 Å². The minimum Gasteiger partial charge on any atom is -0.493 e. The van der Waals surface area contributed by atoms with Gasteiger partial charge >= 0.3 is 0 Å². The van der Waals surface area contributed by atoms with E-state index in [2.05, 4.69) is 11.4 Å². The van der Waals surface area contributed by atoms with Gasteiger partial charge < -0.3 is 10.1 Å². The van der Waals surface area contributed by atoms with E-state index in [1.807, 2.05) is 6.92 Å². The van der Waals surface area contributed by atoms with Crippen LogP contribution in [0, 0.1) is 23.0 Å². The van der Waals surface area contributed by atoms with Crippen molar-refractivity contribution in [3.63, 3.8) is 0 Å². The van der Waals surface area contributed by atoms with Crippen LogP contribution in [-0.2, 0) is 0 Å². The first-order valence-corrected chi connectivity index (χ1v) is 8.56. The Kier molecular flexibility index (Phi) is 5.66. The normalized spacial score (nSPS) is 10.2. The van der Waals surface area contributed by atoms with Crippen molar-refractivity contribution in [2.75, 3.05) is 11.9 Å². The minimum absolute atomic E-state index is 0.371. The summed E-state index contributed by atoms with van der Waals surface area (Å²) in [4.78, 5) is 12.2. The van der Waals surface area contributed by atoms with Gasteiger partial charge in [-0.05, 0) is 55.0 Å². The number of anilines is 1. The predicted molar refractivity (Wildman–Crippen MR) is 102 cm³/mol. The van der Waals surface area contributed by atoms with Crippen LogP contribution in [0.3, 0.4) is 0 Å². The topological polar surface area (TPSA) is 62.1 Å². The Morgan fingerprint density at radius 1 is 1.11 bits per heavy atom. The molecule has 1 N–H and O–H groups in total. The number of carbonyl (C=O) groups is 1.